The second-order valence-electron chi connectivity index (χ2n) is 4.53. The number of rotatable bonds is 5. The smallest absolute Gasteiger partial charge is 0.118 e. The van der Waals surface area contributed by atoms with E-state index in [0.717, 1.165) is 18.7 Å². The zero-order valence-electron chi connectivity index (χ0n) is 10.5. The summed E-state index contributed by atoms with van der Waals surface area (Å²) in [5.41, 5.74) is 1.37. The molecule has 2 heteroatoms. The zero-order chi connectivity index (χ0) is 11.9. The predicted octanol–water partition coefficient (Wildman–Crippen LogP) is 2.94. The van der Waals surface area contributed by atoms with E-state index in [0.29, 0.717) is 6.04 Å². The van der Waals surface area contributed by atoms with Crippen LogP contribution in [0.3, 0.4) is 0 Å². The lowest BCUT2D eigenvalue weighted by atomic mass is 10.0. The molecular formula is C15H21NO. The van der Waals surface area contributed by atoms with Crippen LogP contribution in [0.25, 0.3) is 0 Å². The van der Waals surface area contributed by atoms with Crippen LogP contribution in [0.1, 0.15) is 24.8 Å². The molecular weight excluding hydrogens is 210 g/mol. The highest BCUT2D eigenvalue weighted by atomic mass is 16.5. The first-order chi connectivity index (χ1) is 8.38. The minimum Gasteiger partial charge on any atom is -0.497 e. The Bertz CT molecular complexity index is 356. The van der Waals surface area contributed by atoms with Crippen molar-refractivity contribution >= 4 is 0 Å². The van der Waals surface area contributed by atoms with Gasteiger partial charge in [0.2, 0.25) is 0 Å². The molecule has 1 atom stereocenters. The lowest BCUT2D eigenvalue weighted by molar-refractivity contribution is 0.414. The van der Waals surface area contributed by atoms with Crippen LogP contribution < -0.4 is 10.1 Å². The number of hydrogen-bond donors (Lipinski definition) is 1. The van der Waals surface area contributed by atoms with Gasteiger partial charge in [0.25, 0.3) is 0 Å². The molecule has 1 aromatic rings. The van der Waals surface area contributed by atoms with E-state index in [1.165, 1.54) is 24.8 Å². The highest BCUT2D eigenvalue weighted by Gasteiger charge is 2.07. The summed E-state index contributed by atoms with van der Waals surface area (Å²) in [6.45, 7) is 1.06. The topological polar surface area (TPSA) is 21.3 Å². The fourth-order valence-corrected chi connectivity index (χ4v) is 2.19. The van der Waals surface area contributed by atoms with Crippen LogP contribution in [0.15, 0.2) is 36.4 Å². The van der Waals surface area contributed by atoms with Crippen molar-refractivity contribution in [2.75, 3.05) is 13.7 Å². The molecule has 0 radical (unpaired) electrons. The van der Waals surface area contributed by atoms with Crippen molar-refractivity contribution < 1.29 is 4.74 Å². The third-order valence-corrected chi connectivity index (χ3v) is 3.27. The van der Waals surface area contributed by atoms with E-state index >= 15 is 0 Å². The molecule has 0 spiro atoms. The number of methoxy groups -OCH3 is 1. The SMILES string of the molecule is COc1ccc(CCNC2CC=CCC2)cc1. The molecule has 2 nitrogen and oxygen atoms in total. The first kappa shape index (κ1) is 12.2. The molecule has 1 aliphatic carbocycles. The summed E-state index contributed by atoms with van der Waals surface area (Å²) in [7, 11) is 1.70. The van der Waals surface area contributed by atoms with E-state index in [-0.39, 0.29) is 0 Å². The molecule has 0 fully saturated rings. The summed E-state index contributed by atoms with van der Waals surface area (Å²) < 4.78 is 5.15. The predicted molar refractivity (Wildman–Crippen MR) is 71.5 cm³/mol. The van der Waals surface area contributed by atoms with Crippen molar-refractivity contribution in [1.29, 1.82) is 0 Å². The van der Waals surface area contributed by atoms with Crippen LogP contribution in [-0.2, 0) is 6.42 Å². The molecule has 0 amide bonds. The third kappa shape index (κ3) is 3.90. The van der Waals surface area contributed by atoms with Gasteiger partial charge in [-0.1, -0.05) is 24.3 Å². The zero-order valence-corrected chi connectivity index (χ0v) is 10.5. The summed E-state index contributed by atoms with van der Waals surface area (Å²) in [5, 5.41) is 3.62. The van der Waals surface area contributed by atoms with E-state index in [9.17, 15) is 0 Å². The Hall–Kier alpha value is -1.28. The van der Waals surface area contributed by atoms with Crippen LogP contribution in [0, 0.1) is 0 Å². The Morgan fingerprint density at radius 1 is 1.24 bits per heavy atom. The molecule has 0 bridgehead atoms. The number of allylic oxidation sites excluding steroid dienone is 1. The molecule has 2 rings (SSSR count). The number of hydrogen-bond acceptors (Lipinski definition) is 2. The summed E-state index contributed by atoms with van der Waals surface area (Å²) in [6, 6.07) is 9.01. The van der Waals surface area contributed by atoms with Gasteiger partial charge in [-0.25, -0.2) is 0 Å². The van der Waals surface area contributed by atoms with Crippen molar-refractivity contribution in [3.63, 3.8) is 0 Å². The monoisotopic (exact) mass is 231 g/mol. The highest BCUT2D eigenvalue weighted by Crippen LogP contribution is 2.12. The Balaban J connectivity index is 1.72. The van der Waals surface area contributed by atoms with Crippen molar-refractivity contribution in [2.24, 2.45) is 0 Å². The lowest BCUT2D eigenvalue weighted by Crippen LogP contribution is -2.31. The maximum atomic E-state index is 5.15. The summed E-state index contributed by atoms with van der Waals surface area (Å²) in [6.07, 6.45) is 9.34. The van der Waals surface area contributed by atoms with Gasteiger partial charge in [0.1, 0.15) is 5.75 Å². The molecule has 0 saturated heterocycles. The molecule has 1 aliphatic rings. The molecule has 17 heavy (non-hydrogen) atoms. The van der Waals surface area contributed by atoms with Crippen molar-refractivity contribution in [3.05, 3.63) is 42.0 Å². The average molecular weight is 231 g/mol. The molecule has 1 N–H and O–H groups in total. The fourth-order valence-electron chi connectivity index (χ4n) is 2.19. The minimum absolute atomic E-state index is 0.679. The van der Waals surface area contributed by atoms with Crippen LogP contribution in [0.2, 0.25) is 0 Å². The Kier molecular flexibility index (Phi) is 4.63. The largest absolute Gasteiger partial charge is 0.497 e. The maximum absolute atomic E-state index is 5.15. The van der Waals surface area contributed by atoms with Gasteiger partial charge in [-0.15, -0.1) is 0 Å². The molecule has 1 unspecified atom stereocenters. The third-order valence-electron chi connectivity index (χ3n) is 3.27. The molecule has 1 aromatic carbocycles. The van der Waals surface area contributed by atoms with E-state index in [1.807, 2.05) is 12.1 Å². The first-order valence-corrected chi connectivity index (χ1v) is 6.40. The summed E-state index contributed by atoms with van der Waals surface area (Å²) >= 11 is 0. The number of nitrogens with one attached hydrogen (secondary N) is 1. The number of ether oxygens (including phenoxy) is 1. The van der Waals surface area contributed by atoms with Crippen LogP contribution >= 0.6 is 0 Å². The van der Waals surface area contributed by atoms with Crippen molar-refractivity contribution in [2.45, 2.75) is 31.7 Å². The van der Waals surface area contributed by atoms with Gasteiger partial charge in [0, 0.05) is 6.04 Å². The van der Waals surface area contributed by atoms with Gasteiger partial charge in [0.15, 0.2) is 0 Å². The Morgan fingerprint density at radius 3 is 2.71 bits per heavy atom. The molecule has 92 valence electrons. The van der Waals surface area contributed by atoms with Crippen LogP contribution in [-0.4, -0.2) is 19.7 Å². The highest BCUT2D eigenvalue weighted by molar-refractivity contribution is 5.27. The lowest BCUT2D eigenvalue weighted by Gasteiger charge is -2.19. The maximum Gasteiger partial charge on any atom is 0.118 e. The standard InChI is InChI=1S/C15H21NO/c1-17-15-9-7-13(8-10-15)11-12-16-14-5-3-2-4-6-14/h2-3,7-10,14,16H,4-6,11-12H2,1H3. The van der Waals surface area contributed by atoms with Gasteiger partial charge in [-0.05, 0) is 49.9 Å². The fraction of sp³-hybridized carbons (Fsp3) is 0.467. The van der Waals surface area contributed by atoms with Gasteiger partial charge in [-0.2, -0.15) is 0 Å². The Morgan fingerprint density at radius 2 is 2.06 bits per heavy atom. The van der Waals surface area contributed by atoms with Crippen LogP contribution in [0.4, 0.5) is 0 Å². The molecule has 0 aliphatic heterocycles. The van der Waals surface area contributed by atoms with Crippen molar-refractivity contribution in [3.8, 4) is 5.75 Å². The second kappa shape index (κ2) is 6.45. The second-order valence-corrected chi connectivity index (χ2v) is 4.53. The van der Waals surface area contributed by atoms with E-state index in [1.54, 1.807) is 7.11 Å². The van der Waals surface area contributed by atoms with E-state index in [2.05, 4.69) is 29.6 Å². The van der Waals surface area contributed by atoms with E-state index in [4.69, 9.17) is 4.74 Å². The van der Waals surface area contributed by atoms with Gasteiger partial charge >= 0.3 is 0 Å². The van der Waals surface area contributed by atoms with Gasteiger partial charge < -0.3 is 10.1 Å². The van der Waals surface area contributed by atoms with Crippen molar-refractivity contribution in [1.82, 2.24) is 5.32 Å². The molecule has 0 aromatic heterocycles. The Labute approximate surface area is 104 Å². The molecule has 0 saturated carbocycles. The summed E-state index contributed by atoms with van der Waals surface area (Å²) in [5.74, 6) is 0.930. The quantitative estimate of drug-likeness (QED) is 0.787. The van der Waals surface area contributed by atoms with Gasteiger partial charge in [-0.3, -0.25) is 0 Å². The van der Waals surface area contributed by atoms with Crippen LogP contribution in [0.5, 0.6) is 5.75 Å². The summed E-state index contributed by atoms with van der Waals surface area (Å²) in [4.78, 5) is 0. The number of benzene rings is 1. The van der Waals surface area contributed by atoms with Gasteiger partial charge in [0.05, 0.1) is 7.11 Å². The first-order valence-electron chi connectivity index (χ1n) is 6.40. The normalized spacial score (nSPS) is 19.2. The average Bonchev–Trinajstić information content (AvgIpc) is 2.41. The van der Waals surface area contributed by atoms with E-state index < -0.39 is 0 Å². The minimum atomic E-state index is 0.679. The molecule has 0 heterocycles.